The van der Waals surface area contributed by atoms with Gasteiger partial charge in [0.1, 0.15) is 0 Å². The zero-order valence-corrected chi connectivity index (χ0v) is 5.98. The summed E-state index contributed by atoms with van der Waals surface area (Å²) < 4.78 is 0. The van der Waals surface area contributed by atoms with Crippen molar-refractivity contribution in [3.05, 3.63) is 0 Å². The minimum absolute atomic E-state index is 0.751. The molecule has 2 nitrogen and oxygen atoms in total. The van der Waals surface area contributed by atoms with Crippen LogP contribution in [0.5, 0.6) is 0 Å². The van der Waals surface area contributed by atoms with Crippen molar-refractivity contribution in [2.75, 3.05) is 13.1 Å². The van der Waals surface area contributed by atoms with Crippen LogP contribution in [0.15, 0.2) is 0 Å². The first-order chi connectivity index (χ1) is 3.77. The molecule has 0 bridgehead atoms. The van der Waals surface area contributed by atoms with Crippen LogP contribution in [-0.2, 0) is 0 Å². The second-order valence-corrected chi connectivity index (χ2v) is 2.48. The van der Waals surface area contributed by atoms with Crippen LogP contribution in [0.3, 0.4) is 0 Å². The molecule has 0 spiro atoms. The minimum Gasteiger partial charge on any atom is -0.357 e. The normalized spacial score (nSPS) is 10.5. The van der Waals surface area contributed by atoms with Crippen molar-refractivity contribution < 1.29 is 11.1 Å². The molecule has 0 amide bonds. The van der Waals surface area contributed by atoms with Gasteiger partial charge < -0.3 is 11.1 Å². The van der Waals surface area contributed by atoms with Crippen LogP contribution in [0.2, 0.25) is 0 Å². The Morgan fingerprint density at radius 3 is 2.50 bits per heavy atom. The summed E-state index contributed by atoms with van der Waals surface area (Å²) in [6, 6.07) is 0.751. The highest BCUT2D eigenvalue weighted by Gasteiger charge is 1.92. The first kappa shape index (κ1) is 7.92. The quantitative estimate of drug-likeness (QED) is 0.426. The van der Waals surface area contributed by atoms with Gasteiger partial charge in [-0.2, -0.15) is 0 Å². The SMILES string of the molecule is CC(C)[NH2+]CCC[NH3+]. The maximum atomic E-state index is 3.76. The molecular formula is C6H18N2+2. The Morgan fingerprint density at radius 2 is 2.12 bits per heavy atom. The highest BCUT2D eigenvalue weighted by atomic mass is 14.9. The first-order valence-electron chi connectivity index (χ1n) is 3.40. The van der Waals surface area contributed by atoms with E-state index in [1.807, 2.05) is 0 Å². The van der Waals surface area contributed by atoms with Crippen molar-refractivity contribution in [2.45, 2.75) is 26.3 Å². The lowest BCUT2D eigenvalue weighted by Gasteiger charge is -2.00. The highest BCUT2D eigenvalue weighted by Crippen LogP contribution is 1.63. The molecule has 0 aromatic rings. The Kier molecular flexibility index (Phi) is 5.01. The van der Waals surface area contributed by atoms with Gasteiger partial charge in [-0.25, -0.2) is 0 Å². The van der Waals surface area contributed by atoms with Crippen molar-refractivity contribution >= 4 is 0 Å². The first-order valence-corrected chi connectivity index (χ1v) is 3.40. The molecule has 0 rings (SSSR count). The van der Waals surface area contributed by atoms with E-state index in [1.165, 1.54) is 13.0 Å². The standard InChI is InChI=1S/C6H16N2/c1-6(2)8-5-3-4-7/h6,8H,3-5,7H2,1-2H3/p+2. The lowest BCUT2D eigenvalue weighted by molar-refractivity contribution is -0.684. The van der Waals surface area contributed by atoms with Gasteiger partial charge in [0.25, 0.3) is 0 Å². The molecule has 0 aliphatic carbocycles. The summed E-state index contributed by atoms with van der Waals surface area (Å²) in [4.78, 5) is 0. The van der Waals surface area contributed by atoms with Crippen molar-refractivity contribution in [1.29, 1.82) is 0 Å². The monoisotopic (exact) mass is 118 g/mol. The maximum absolute atomic E-state index is 3.76. The third-order valence-electron chi connectivity index (χ3n) is 1.09. The van der Waals surface area contributed by atoms with Crippen molar-refractivity contribution in [1.82, 2.24) is 0 Å². The molecule has 0 aromatic heterocycles. The van der Waals surface area contributed by atoms with Gasteiger partial charge in [-0.15, -0.1) is 0 Å². The van der Waals surface area contributed by atoms with Crippen LogP contribution >= 0.6 is 0 Å². The Morgan fingerprint density at radius 1 is 1.50 bits per heavy atom. The predicted octanol–water partition coefficient (Wildman–Crippen LogP) is -1.41. The summed E-state index contributed by atoms with van der Waals surface area (Å²) in [7, 11) is 0. The Balaban J connectivity index is 2.72. The maximum Gasteiger partial charge on any atom is 0.0811 e. The molecule has 0 saturated heterocycles. The van der Waals surface area contributed by atoms with Crippen LogP contribution in [0.4, 0.5) is 0 Å². The highest BCUT2D eigenvalue weighted by molar-refractivity contribution is 4.28. The summed E-state index contributed by atoms with van der Waals surface area (Å²) in [5.74, 6) is 0. The zero-order chi connectivity index (χ0) is 6.41. The minimum atomic E-state index is 0.751. The fourth-order valence-corrected chi connectivity index (χ4v) is 0.596. The molecule has 5 N–H and O–H groups in total. The molecule has 0 saturated carbocycles. The van der Waals surface area contributed by atoms with E-state index in [4.69, 9.17) is 0 Å². The van der Waals surface area contributed by atoms with Crippen molar-refractivity contribution in [3.63, 3.8) is 0 Å². The average Bonchev–Trinajstić information content (AvgIpc) is 1.66. The lowest BCUT2D eigenvalue weighted by Crippen LogP contribution is -2.89. The van der Waals surface area contributed by atoms with Gasteiger partial charge in [0, 0.05) is 6.42 Å². The number of hydrogen-bond donors (Lipinski definition) is 2. The van der Waals surface area contributed by atoms with Crippen LogP contribution in [-0.4, -0.2) is 19.1 Å². The average molecular weight is 118 g/mol. The van der Waals surface area contributed by atoms with Crippen molar-refractivity contribution in [2.24, 2.45) is 0 Å². The van der Waals surface area contributed by atoms with Crippen LogP contribution in [0, 0.1) is 0 Å². The van der Waals surface area contributed by atoms with Crippen molar-refractivity contribution in [3.8, 4) is 0 Å². The van der Waals surface area contributed by atoms with Crippen LogP contribution < -0.4 is 11.1 Å². The van der Waals surface area contributed by atoms with Gasteiger partial charge in [0.2, 0.25) is 0 Å². The van der Waals surface area contributed by atoms with Gasteiger partial charge in [0.15, 0.2) is 0 Å². The van der Waals surface area contributed by atoms with E-state index in [1.54, 1.807) is 0 Å². The Bertz CT molecular complexity index is 43.8. The molecular weight excluding hydrogens is 100 g/mol. The summed E-state index contributed by atoms with van der Waals surface area (Å²) in [6.07, 6.45) is 1.25. The summed E-state index contributed by atoms with van der Waals surface area (Å²) in [6.45, 7) is 6.73. The third-order valence-corrected chi connectivity index (χ3v) is 1.09. The molecule has 0 atom stereocenters. The molecule has 0 aromatic carbocycles. The van der Waals surface area contributed by atoms with E-state index in [2.05, 4.69) is 24.9 Å². The molecule has 2 heteroatoms. The summed E-state index contributed by atoms with van der Waals surface area (Å²) >= 11 is 0. The fourth-order valence-electron chi connectivity index (χ4n) is 0.596. The van der Waals surface area contributed by atoms with Gasteiger partial charge in [0.05, 0.1) is 19.1 Å². The fraction of sp³-hybridized carbons (Fsp3) is 1.00. The summed E-state index contributed by atoms with van der Waals surface area (Å²) in [5.41, 5.74) is 3.76. The summed E-state index contributed by atoms with van der Waals surface area (Å²) in [5, 5.41) is 2.34. The Labute approximate surface area is 51.5 Å². The number of quaternary nitrogens is 2. The largest absolute Gasteiger partial charge is 0.357 e. The molecule has 0 heterocycles. The third kappa shape index (κ3) is 5.92. The number of hydrogen-bond acceptors (Lipinski definition) is 0. The van der Waals surface area contributed by atoms with Crippen LogP contribution in [0.25, 0.3) is 0 Å². The topological polar surface area (TPSA) is 44.2 Å². The molecule has 50 valence electrons. The van der Waals surface area contributed by atoms with E-state index in [0.717, 1.165) is 12.6 Å². The lowest BCUT2D eigenvalue weighted by atomic mass is 10.3. The molecule has 8 heavy (non-hydrogen) atoms. The smallest absolute Gasteiger partial charge is 0.0811 e. The second-order valence-electron chi connectivity index (χ2n) is 2.48. The van der Waals surface area contributed by atoms with E-state index in [-0.39, 0.29) is 0 Å². The zero-order valence-electron chi connectivity index (χ0n) is 5.98. The van der Waals surface area contributed by atoms with Gasteiger partial charge >= 0.3 is 0 Å². The van der Waals surface area contributed by atoms with E-state index in [9.17, 15) is 0 Å². The Hall–Kier alpha value is -0.0800. The van der Waals surface area contributed by atoms with E-state index >= 15 is 0 Å². The number of nitrogens with two attached hydrogens (primary N) is 1. The van der Waals surface area contributed by atoms with E-state index in [0.29, 0.717) is 0 Å². The van der Waals surface area contributed by atoms with Gasteiger partial charge in [-0.1, -0.05) is 0 Å². The predicted molar refractivity (Wildman–Crippen MR) is 34.3 cm³/mol. The molecule has 0 unspecified atom stereocenters. The number of rotatable bonds is 4. The molecule has 0 aliphatic rings. The van der Waals surface area contributed by atoms with Crippen LogP contribution in [0.1, 0.15) is 20.3 Å². The van der Waals surface area contributed by atoms with Gasteiger partial charge in [-0.3, -0.25) is 0 Å². The van der Waals surface area contributed by atoms with E-state index < -0.39 is 0 Å². The molecule has 0 fully saturated rings. The molecule has 0 radical (unpaired) electrons. The van der Waals surface area contributed by atoms with Gasteiger partial charge in [-0.05, 0) is 13.8 Å². The molecule has 0 aliphatic heterocycles. The second kappa shape index (κ2) is 5.06.